The average Bonchev–Trinajstić information content (AvgIpc) is 2.61. The van der Waals surface area contributed by atoms with Gasteiger partial charge in [-0.3, -0.25) is 9.59 Å². The van der Waals surface area contributed by atoms with Gasteiger partial charge >= 0.3 is 0 Å². The Balaban J connectivity index is 2.47. The van der Waals surface area contributed by atoms with Crippen LogP contribution in [-0.4, -0.2) is 25.3 Å². The Kier molecular flexibility index (Phi) is 3.07. The molecule has 17 heavy (non-hydrogen) atoms. The molecule has 1 fully saturated rings. The third kappa shape index (κ3) is 2.13. The predicted molar refractivity (Wildman–Crippen MR) is 64.7 cm³/mol. The first-order chi connectivity index (χ1) is 8.02. The fourth-order valence-electron chi connectivity index (χ4n) is 1.82. The second-order valence-corrected chi connectivity index (χ2v) is 4.38. The second kappa shape index (κ2) is 4.37. The van der Waals surface area contributed by atoms with Gasteiger partial charge in [-0.2, -0.15) is 0 Å². The van der Waals surface area contributed by atoms with Crippen LogP contribution in [0.25, 0.3) is 0 Å². The molecule has 0 N–H and O–H groups in total. The molecule has 1 amide bonds. The number of ketones is 1. The number of Topliss-reactive ketones (excluding diaryl/α,β-unsaturated/α-hetero) is 1. The number of amides is 1. The van der Waals surface area contributed by atoms with Crippen molar-refractivity contribution >= 4 is 29.0 Å². The highest BCUT2D eigenvalue weighted by molar-refractivity contribution is 6.32. The molecule has 2 rings (SSSR count). The van der Waals surface area contributed by atoms with Crippen LogP contribution in [0.15, 0.2) is 12.1 Å². The van der Waals surface area contributed by atoms with Crippen LogP contribution in [0.2, 0.25) is 5.02 Å². The van der Waals surface area contributed by atoms with Gasteiger partial charge in [0.15, 0.2) is 5.78 Å². The molecule has 1 aliphatic rings. The normalized spacial score (nSPS) is 15.6. The van der Waals surface area contributed by atoms with Crippen LogP contribution in [0.1, 0.15) is 12.0 Å². The lowest BCUT2D eigenvalue weighted by Crippen LogP contribution is -2.25. The first kappa shape index (κ1) is 11.9. The van der Waals surface area contributed by atoms with Gasteiger partial charge in [0.25, 0.3) is 0 Å². The molecule has 0 aromatic heterocycles. The number of nitrogens with zero attached hydrogens (tertiary/aromatic N) is 1. The molecule has 4 nitrogen and oxygen atoms in total. The SMILES string of the molecule is COc1cc(C)c(Cl)cc1N1CC(=O)CC1=O. The summed E-state index contributed by atoms with van der Waals surface area (Å²) in [7, 11) is 1.52. The summed E-state index contributed by atoms with van der Waals surface area (Å²) < 4.78 is 5.21. The van der Waals surface area contributed by atoms with Crippen molar-refractivity contribution in [2.45, 2.75) is 13.3 Å². The van der Waals surface area contributed by atoms with Crippen molar-refractivity contribution in [2.24, 2.45) is 0 Å². The first-order valence-electron chi connectivity index (χ1n) is 5.19. The van der Waals surface area contributed by atoms with Crippen LogP contribution >= 0.6 is 11.6 Å². The first-order valence-corrected chi connectivity index (χ1v) is 5.57. The van der Waals surface area contributed by atoms with E-state index in [4.69, 9.17) is 16.3 Å². The van der Waals surface area contributed by atoms with Crippen molar-refractivity contribution in [3.63, 3.8) is 0 Å². The summed E-state index contributed by atoms with van der Waals surface area (Å²) in [6.45, 7) is 1.94. The monoisotopic (exact) mass is 253 g/mol. The minimum atomic E-state index is -0.215. The third-order valence-corrected chi connectivity index (χ3v) is 3.14. The molecule has 1 heterocycles. The molecule has 5 heteroatoms. The van der Waals surface area contributed by atoms with Gasteiger partial charge in [-0.05, 0) is 24.6 Å². The van der Waals surface area contributed by atoms with Crippen molar-refractivity contribution in [3.8, 4) is 5.75 Å². The molecule has 1 aromatic rings. The van der Waals surface area contributed by atoms with Gasteiger partial charge in [-0.1, -0.05) is 11.6 Å². The highest BCUT2D eigenvalue weighted by Gasteiger charge is 2.30. The van der Waals surface area contributed by atoms with Crippen molar-refractivity contribution in [3.05, 3.63) is 22.7 Å². The smallest absolute Gasteiger partial charge is 0.235 e. The molecule has 0 bridgehead atoms. The van der Waals surface area contributed by atoms with E-state index in [9.17, 15) is 9.59 Å². The van der Waals surface area contributed by atoms with E-state index in [2.05, 4.69) is 0 Å². The quantitative estimate of drug-likeness (QED) is 0.757. The number of halogens is 1. The number of hydrogen-bond acceptors (Lipinski definition) is 3. The Morgan fingerprint density at radius 3 is 2.59 bits per heavy atom. The maximum atomic E-state index is 11.7. The Labute approximate surface area is 104 Å². The van der Waals surface area contributed by atoms with Crippen molar-refractivity contribution in [1.82, 2.24) is 0 Å². The van der Waals surface area contributed by atoms with E-state index in [1.54, 1.807) is 12.1 Å². The van der Waals surface area contributed by atoms with Gasteiger partial charge in [0.1, 0.15) is 5.75 Å². The number of rotatable bonds is 2. The lowest BCUT2D eigenvalue weighted by atomic mass is 10.2. The van der Waals surface area contributed by atoms with Crippen molar-refractivity contribution in [2.75, 3.05) is 18.6 Å². The number of aryl methyl sites for hydroxylation is 1. The molecule has 1 aromatic carbocycles. The molecule has 0 saturated carbocycles. The summed E-state index contributed by atoms with van der Waals surface area (Å²) in [5.41, 5.74) is 1.42. The largest absolute Gasteiger partial charge is 0.495 e. The minimum Gasteiger partial charge on any atom is -0.495 e. The highest BCUT2D eigenvalue weighted by atomic mass is 35.5. The number of carbonyl (C=O) groups excluding carboxylic acids is 2. The van der Waals surface area contributed by atoms with Gasteiger partial charge < -0.3 is 9.64 Å². The fourth-order valence-corrected chi connectivity index (χ4v) is 1.98. The zero-order valence-corrected chi connectivity index (χ0v) is 10.4. The van der Waals surface area contributed by atoms with Crippen LogP contribution in [0.4, 0.5) is 5.69 Å². The number of ether oxygens (including phenoxy) is 1. The molecule has 1 saturated heterocycles. The summed E-state index contributed by atoms with van der Waals surface area (Å²) >= 11 is 6.03. The number of anilines is 1. The molecule has 0 spiro atoms. The molecular formula is C12H12ClNO3. The molecular weight excluding hydrogens is 242 g/mol. The Bertz CT molecular complexity index is 499. The molecule has 0 unspecified atom stereocenters. The summed E-state index contributed by atoms with van der Waals surface area (Å²) in [5, 5.41) is 0.549. The van der Waals surface area contributed by atoms with Gasteiger partial charge in [-0.25, -0.2) is 0 Å². The minimum absolute atomic E-state index is 0.0470. The van der Waals surface area contributed by atoms with E-state index in [1.165, 1.54) is 12.0 Å². The van der Waals surface area contributed by atoms with Crippen LogP contribution < -0.4 is 9.64 Å². The van der Waals surface area contributed by atoms with Gasteiger partial charge in [0, 0.05) is 5.02 Å². The van der Waals surface area contributed by atoms with E-state index in [-0.39, 0.29) is 24.7 Å². The summed E-state index contributed by atoms with van der Waals surface area (Å²) in [5.74, 6) is 0.247. The van der Waals surface area contributed by atoms with Crippen LogP contribution in [0.3, 0.4) is 0 Å². The van der Waals surface area contributed by atoms with Crippen molar-refractivity contribution in [1.29, 1.82) is 0 Å². The summed E-state index contributed by atoms with van der Waals surface area (Å²) in [6.07, 6.45) is -0.0470. The van der Waals surface area contributed by atoms with E-state index in [0.717, 1.165) is 5.56 Å². The second-order valence-electron chi connectivity index (χ2n) is 3.97. The Morgan fingerprint density at radius 1 is 1.35 bits per heavy atom. The molecule has 0 aliphatic carbocycles. The maximum Gasteiger partial charge on any atom is 0.235 e. The van der Waals surface area contributed by atoms with E-state index in [0.29, 0.717) is 16.5 Å². The van der Waals surface area contributed by atoms with Gasteiger partial charge in [0.2, 0.25) is 5.91 Å². The van der Waals surface area contributed by atoms with Crippen molar-refractivity contribution < 1.29 is 14.3 Å². The number of benzene rings is 1. The average molecular weight is 254 g/mol. The summed E-state index contributed by atoms with van der Waals surface area (Å²) in [6, 6.07) is 3.42. The Hall–Kier alpha value is -1.55. The number of hydrogen-bond donors (Lipinski definition) is 0. The highest BCUT2D eigenvalue weighted by Crippen LogP contribution is 2.35. The molecule has 1 aliphatic heterocycles. The van der Waals surface area contributed by atoms with Gasteiger partial charge in [-0.15, -0.1) is 0 Å². The van der Waals surface area contributed by atoms with Gasteiger partial charge in [0.05, 0.1) is 25.8 Å². The van der Waals surface area contributed by atoms with Crippen LogP contribution in [0, 0.1) is 6.92 Å². The molecule has 0 radical (unpaired) electrons. The topological polar surface area (TPSA) is 46.6 Å². The van der Waals surface area contributed by atoms with Crippen LogP contribution in [0.5, 0.6) is 5.75 Å². The van der Waals surface area contributed by atoms with E-state index < -0.39 is 0 Å². The fraction of sp³-hybridized carbons (Fsp3) is 0.333. The number of carbonyl (C=O) groups is 2. The lowest BCUT2D eigenvalue weighted by Gasteiger charge is -2.19. The standard InChI is InChI=1S/C12H12ClNO3/c1-7-3-11(17-2)10(5-9(7)13)14-6-8(15)4-12(14)16/h3,5H,4,6H2,1-2H3. The van der Waals surface area contributed by atoms with E-state index in [1.807, 2.05) is 6.92 Å². The van der Waals surface area contributed by atoms with E-state index >= 15 is 0 Å². The zero-order chi connectivity index (χ0) is 12.6. The zero-order valence-electron chi connectivity index (χ0n) is 9.62. The maximum absolute atomic E-state index is 11.7. The lowest BCUT2D eigenvalue weighted by molar-refractivity contribution is -0.121. The summed E-state index contributed by atoms with van der Waals surface area (Å²) in [4.78, 5) is 24.3. The third-order valence-electron chi connectivity index (χ3n) is 2.73. The molecule has 90 valence electrons. The number of methoxy groups -OCH3 is 1. The molecule has 0 atom stereocenters. The van der Waals surface area contributed by atoms with Crippen LogP contribution in [-0.2, 0) is 9.59 Å². The Morgan fingerprint density at radius 2 is 2.06 bits per heavy atom. The predicted octanol–water partition coefficient (Wildman–Crippen LogP) is 1.96.